The molecule has 12 nitrogen and oxygen atoms in total. The summed E-state index contributed by atoms with van der Waals surface area (Å²) in [6, 6.07) is 0. The lowest BCUT2D eigenvalue weighted by Gasteiger charge is -2.22. The molecule has 0 saturated carbocycles. The highest BCUT2D eigenvalue weighted by Crippen LogP contribution is 2.25. The zero-order valence-electron chi connectivity index (χ0n) is 17.6. The van der Waals surface area contributed by atoms with Crippen LogP contribution in [0.25, 0.3) is 0 Å². The molecule has 0 unspecified atom stereocenters. The minimum atomic E-state index is -1.79. The quantitative estimate of drug-likeness (QED) is 0.224. The van der Waals surface area contributed by atoms with E-state index >= 15 is 0 Å². The van der Waals surface area contributed by atoms with E-state index in [0.717, 1.165) is 9.47 Å². The third-order valence-electron chi connectivity index (χ3n) is 3.72. The predicted octanol–water partition coefficient (Wildman–Crippen LogP) is 0.208. The second-order valence-corrected chi connectivity index (χ2v) is 9.32. The standard InChI is InChI=1S/C17H22Cl3N5O7S/c1-3-31-12(27)8-24(11(26)7-25-6-10(2)13(28)22-15(25)29)5-4-21-14(33)23-16(30)32-9-17(18,19)20/h6H,3-5,7-9H2,1-2H3,(H,22,28,29)(H2,21,23,30,33). The smallest absolute Gasteiger partial charge is 0.413 e. The molecule has 0 saturated heterocycles. The van der Waals surface area contributed by atoms with E-state index in [9.17, 15) is 24.0 Å². The molecular weight excluding hydrogens is 525 g/mol. The summed E-state index contributed by atoms with van der Waals surface area (Å²) >= 11 is 21.4. The minimum absolute atomic E-state index is 0.0221. The highest BCUT2D eigenvalue weighted by Gasteiger charge is 2.23. The molecule has 0 fully saturated rings. The van der Waals surface area contributed by atoms with Gasteiger partial charge >= 0.3 is 17.8 Å². The number of ether oxygens (including phenoxy) is 2. The van der Waals surface area contributed by atoms with Crippen LogP contribution in [0, 0.1) is 6.92 Å². The largest absolute Gasteiger partial charge is 0.465 e. The van der Waals surface area contributed by atoms with Crippen LogP contribution in [0.15, 0.2) is 15.8 Å². The van der Waals surface area contributed by atoms with Crippen LogP contribution in [0.4, 0.5) is 4.79 Å². The van der Waals surface area contributed by atoms with Crippen molar-refractivity contribution in [1.82, 2.24) is 25.1 Å². The van der Waals surface area contributed by atoms with Gasteiger partial charge in [-0.3, -0.25) is 29.3 Å². The summed E-state index contributed by atoms with van der Waals surface area (Å²) in [4.78, 5) is 62.8. The number of esters is 1. The number of aromatic amines is 1. The number of nitrogens with zero attached hydrogens (tertiary/aromatic N) is 2. The number of H-pyrrole nitrogens is 1. The zero-order valence-corrected chi connectivity index (χ0v) is 20.7. The third kappa shape index (κ3) is 11.4. The van der Waals surface area contributed by atoms with E-state index in [4.69, 9.17) is 51.8 Å². The topological polar surface area (TPSA) is 152 Å². The first kappa shape index (κ1) is 28.7. The van der Waals surface area contributed by atoms with Gasteiger partial charge in [0.2, 0.25) is 9.70 Å². The van der Waals surface area contributed by atoms with Crippen LogP contribution >= 0.6 is 47.0 Å². The molecule has 1 rings (SSSR count). The number of amides is 2. The van der Waals surface area contributed by atoms with Gasteiger partial charge in [-0.2, -0.15) is 0 Å². The summed E-state index contributed by atoms with van der Waals surface area (Å²) in [5, 5.41) is 4.70. The van der Waals surface area contributed by atoms with Crippen LogP contribution in [0.3, 0.4) is 0 Å². The Hall–Kier alpha value is -2.35. The second-order valence-electron chi connectivity index (χ2n) is 6.39. The average molecular weight is 547 g/mol. The molecule has 0 bridgehead atoms. The normalized spacial score (nSPS) is 10.8. The number of thiocarbonyl (C=S) groups is 1. The molecule has 0 aliphatic carbocycles. The summed E-state index contributed by atoms with van der Waals surface area (Å²) in [5.74, 6) is -1.26. The molecular formula is C17H22Cl3N5O7S. The van der Waals surface area contributed by atoms with Gasteiger partial charge < -0.3 is 19.7 Å². The number of aryl methyl sites for hydroxylation is 1. The maximum absolute atomic E-state index is 12.7. The van der Waals surface area contributed by atoms with Crippen molar-refractivity contribution in [3.05, 3.63) is 32.6 Å². The Bertz CT molecular complexity index is 992. The molecule has 0 aromatic carbocycles. The van der Waals surface area contributed by atoms with Gasteiger partial charge in [0.05, 0.1) is 6.61 Å². The lowest BCUT2D eigenvalue weighted by atomic mass is 10.3. The van der Waals surface area contributed by atoms with Gasteiger partial charge in [-0.1, -0.05) is 34.8 Å². The number of halogens is 3. The summed E-state index contributed by atoms with van der Waals surface area (Å²) in [6.07, 6.45) is 0.271. The Morgan fingerprint density at radius 3 is 2.52 bits per heavy atom. The Morgan fingerprint density at radius 1 is 1.24 bits per heavy atom. The fraction of sp³-hybridized carbons (Fsp3) is 0.529. The van der Waals surface area contributed by atoms with Crippen LogP contribution < -0.4 is 21.9 Å². The number of rotatable bonds is 9. The Morgan fingerprint density at radius 2 is 1.91 bits per heavy atom. The molecule has 0 aliphatic heterocycles. The van der Waals surface area contributed by atoms with Crippen molar-refractivity contribution in [2.75, 3.05) is 32.8 Å². The molecule has 33 heavy (non-hydrogen) atoms. The second kappa shape index (κ2) is 13.4. The van der Waals surface area contributed by atoms with Gasteiger partial charge in [0.25, 0.3) is 5.56 Å². The monoisotopic (exact) mass is 545 g/mol. The number of nitrogens with one attached hydrogen (secondary N) is 3. The van der Waals surface area contributed by atoms with E-state index in [-0.39, 0.29) is 30.4 Å². The van der Waals surface area contributed by atoms with Crippen LogP contribution in [0.2, 0.25) is 0 Å². The van der Waals surface area contributed by atoms with Crippen LogP contribution in [0.1, 0.15) is 12.5 Å². The van der Waals surface area contributed by atoms with Crippen molar-refractivity contribution in [3.63, 3.8) is 0 Å². The van der Waals surface area contributed by atoms with Gasteiger partial charge in [-0.05, 0) is 26.1 Å². The number of aromatic nitrogens is 2. The zero-order chi connectivity index (χ0) is 25.2. The molecule has 0 atom stereocenters. The summed E-state index contributed by atoms with van der Waals surface area (Å²) in [5.41, 5.74) is -1.10. The van der Waals surface area contributed by atoms with Gasteiger partial charge in [0.1, 0.15) is 19.7 Å². The molecule has 0 radical (unpaired) electrons. The fourth-order valence-corrected chi connectivity index (χ4v) is 2.61. The van der Waals surface area contributed by atoms with Crippen molar-refractivity contribution in [2.45, 2.75) is 24.2 Å². The molecule has 184 valence electrons. The highest BCUT2D eigenvalue weighted by atomic mass is 35.6. The van der Waals surface area contributed by atoms with Gasteiger partial charge in [0, 0.05) is 24.8 Å². The van der Waals surface area contributed by atoms with E-state index in [1.54, 1.807) is 6.92 Å². The maximum Gasteiger partial charge on any atom is 0.413 e. The van der Waals surface area contributed by atoms with Crippen molar-refractivity contribution < 1.29 is 23.9 Å². The molecule has 1 heterocycles. The van der Waals surface area contributed by atoms with Crippen molar-refractivity contribution >= 4 is 70.1 Å². The molecule has 0 aliphatic rings. The van der Waals surface area contributed by atoms with E-state index in [1.807, 2.05) is 0 Å². The molecule has 0 spiro atoms. The summed E-state index contributed by atoms with van der Waals surface area (Å²) in [6.45, 7) is 1.86. The Kier molecular flexibility index (Phi) is 11.6. The lowest BCUT2D eigenvalue weighted by molar-refractivity contribution is -0.149. The van der Waals surface area contributed by atoms with Crippen LogP contribution in [-0.4, -0.2) is 74.2 Å². The number of hydrogen-bond donors (Lipinski definition) is 3. The fourth-order valence-electron chi connectivity index (χ4n) is 2.26. The van der Waals surface area contributed by atoms with E-state index in [0.29, 0.717) is 0 Å². The molecule has 1 aromatic rings. The average Bonchev–Trinajstić information content (AvgIpc) is 2.69. The van der Waals surface area contributed by atoms with Gasteiger partial charge in [-0.25, -0.2) is 9.59 Å². The summed E-state index contributed by atoms with van der Waals surface area (Å²) in [7, 11) is 0. The molecule has 3 N–H and O–H groups in total. The number of alkyl carbamates (subject to hydrolysis) is 1. The van der Waals surface area contributed by atoms with Crippen molar-refractivity contribution in [3.8, 4) is 0 Å². The third-order valence-corrected chi connectivity index (χ3v) is 4.30. The van der Waals surface area contributed by atoms with E-state index in [1.165, 1.54) is 13.1 Å². The molecule has 2 amide bonds. The Balaban J connectivity index is 2.72. The maximum atomic E-state index is 12.7. The van der Waals surface area contributed by atoms with Gasteiger partial charge in [0.15, 0.2) is 5.11 Å². The lowest BCUT2D eigenvalue weighted by Crippen LogP contribution is -2.47. The molecule has 1 aromatic heterocycles. The van der Waals surface area contributed by atoms with Gasteiger partial charge in [-0.15, -0.1) is 0 Å². The SMILES string of the molecule is CCOC(=O)CN(CCNC(=S)NC(=O)OCC(Cl)(Cl)Cl)C(=O)Cn1cc(C)c(=O)[nH]c1=O. The number of carbonyl (C=O) groups excluding carboxylic acids is 3. The number of hydrogen-bond acceptors (Lipinski definition) is 8. The van der Waals surface area contributed by atoms with E-state index < -0.39 is 52.7 Å². The van der Waals surface area contributed by atoms with Crippen molar-refractivity contribution in [2.24, 2.45) is 0 Å². The summed E-state index contributed by atoms with van der Waals surface area (Å²) < 4.78 is 8.75. The highest BCUT2D eigenvalue weighted by molar-refractivity contribution is 7.80. The minimum Gasteiger partial charge on any atom is -0.465 e. The Labute approximate surface area is 208 Å². The first-order valence-corrected chi connectivity index (χ1v) is 10.9. The number of carbonyl (C=O) groups is 3. The predicted molar refractivity (Wildman–Crippen MR) is 125 cm³/mol. The van der Waals surface area contributed by atoms with Crippen LogP contribution in [-0.2, 0) is 25.6 Å². The first-order valence-electron chi connectivity index (χ1n) is 9.34. The molecule has 16 heteroatoms. The first-order chi connectivity index (χ1) is 15.3. The number of alkyl halides is 3. The van der Waals surface area contributed by atoms with E-state index in [2.05, 4.69) is 20.4 Å². The van der Waals surface area contributed by atoms with Crippen molar-refractivity contribution in [1.29, 1.82) is 0 Å². The van der Waals surface area contributed by atoms with Crippen LogP contribution in [0.5, 0.6) is 0 Å².